The maximum Gasteiger partial charge on any atom is 0.337 e. The lowest BCUT2D eigenvalue weighted by Gasteiger charge is -2.12. The van der Waals surface area contributed by atoms with Crippen molar-refractivity contribution in [1.82, 2.24) is 9.97 Å². The van der Waals surface area contributed by atoms with Gasteiger partial charge in [0.2, 0.25) is 0 Å². The molecule has 0 aliphatic rings. The third-order valence-electron chi connectivity index (χ3n) is 3.16. The van der Waals surface area contributed by atoms with Crippen LogP contribution < -0.4 is 16.4 Å². The van der Waals surface area contributed by atoms with Gasteiger partial charge in [0.15, 0.2) is 11.6 Å². The van der Waals surface area contributed by atoms with E-state index in [1.807, 2.05) is 0 Å². The number of anilines is 4. The standard InChI is InChI=1S/C15H17N5O4/c1-17-12-11(16)13(19-7-18-12)20-10-5-8(14(21)23-2)4-9(6-10)15(22)24-3/h4-7H,16H2,1-3H3,(H2,17,18,19,20). The van der Waals surface area contributed by atoms with Crippen LogP contribution in [0.15, 0.2) is 24.5 Å². The maximum atomic E-state index is 11.8. The minimum absolute atomic E-state index is 0.185. The number of benzene rings is 1. The van der Waals surface area contributed by atoms with Crippen LogP contribution in [0.5, 0.6) is 0 Å². The van der Waals surface area contributed by atoms with Crippen molar-refractivity contribution >= 4 is 34.9 Å². The molecule has 0 radical (unpaired) electrons. The van der Waals surface area contributed by atoms with Gasteiger partial charge in [-0.05, 0) is 18.2 Å². The summed E-state index contributed by atoms with van der Waals surface area (Å²) in [5.74, 6) is -0.400. The van der Waals surface area contributed by atoms with Crippen molar-refractivity contribution in [3.63, 3.8) is 0 Å². The van der Waals surface area contributed by atoms with E-state index in [1.54, 1.807) is 7.05 Å². The number of carbonyl (C=O) groups is 2. The Bertz CT molecular complexity index is 744. The van der Waals surface area contributed by atoms with Crippen molar-refractivity contribution in [2.75, 3.05) is 37.6 Å². The molecule has 0 saturated carbocycles. The molecule has 1 aromatic heterocycles. The van der Waals surface area contributed by atoms with Crippen LogP contribution in [-0.2, 0) is 9.47 Å². The van der Waals surface area contributed by atoms with Gasteiger partial charge in [-0.1, -0.05) is 0 Å². The van der Waals surface area contributed by atoms with Crippen LogP contribution in [-0.4, -0.2) is 43.2 Å². The van der Waals surface area contributed by atoms with Crippen LogP contribution in [0, 0.1) is 0 Å². The van der Waals surface area contributed by atoms with E-state index in [2.05, 4.69) is 20.6 Å². The number of methoxy groups -OCH3 is 2. The van der Waals surface area contributed by atoms with Gasteiger partial charge in [-0.15, -0.1) is 0 Å². The Hall–Kier alpha value is -3.36. The zero-order valence-electron chi connectivity index (χ0n) is 13.4. The zero-order valence-corrected chi connectivity index (χ0v) is 13.4. The molecule has 0 aliphatic heterocycles. The molecular weight excluding hydrogens is 314 g/mol. The Morgan fingerprint density at radius 2 is 1.54 bits per heavy atom. The van der Waals surface area contributed by atoms with E-state index >= 15 is 0 Å². The van der Waals surface area contributed by atoms with Crippen LogP contribution in [0.1, 0.15) is 20.7 Å². The highest BCUT2D eigenvalue weighted by atomic mass is 16.5. The molecule has 9 heteroatoms. The number of nitrogen functional groups attached to an aromatic ring is 1. The third-order valence-corrected chi connectivity index (χ3v) is 3.16. The molecule has 0 atom stereocenters. The predicted octanol–water partition coefficient (Wildman–Crippen LogP) is 1.42. The van der Waals surface area contributed by atoms with Gasteiger partial charge < -0.3 is 25.8 Å². The average molecular weight is 331 g/mol. The highest BCUT2D eigenvalue weighted by Crippen LogP contribution is 2.26. The number of ether oxygens (including phenoxy) is 2. The Labute approximate surface area is 138 Å². The van der Waals surface area contributed by atoms with Crippen LogP contribution >= 0.6 is 0 Å². The first-order valence-electron chi connectivity index (χ1n) is 6.87. The van der Waals surface area contributed by atoms with Crippen molar-refractivity contribution in [1.29, 1.82) is 0 Å². The number of carbonyl (C=O) groups excluding carboxylic acids is 2. The van der Waals surface area contributed by atoms with E-state index in [0.717, 1.165) is 0 Å². The molecule has 0 saturated heterocycles. The lowest BCUT2D eigenvalue weighted by Crippen LogP contribution is -2.09. The van der Waals surface area contributed by atoms with E-state index in [0.29, 0.717) is 23.0 Å². The van der Waals surface area contributed by atoms with Gasteiger partial charge in [-0.25, -0.2) is 19.6 Å². The van der Waals surface area contributed by atoms with Gasteiger partial charge >= 0.3 is 11.9 Å². The molecule has 0 unspecified atom stereocenters. The molecule has 1 aromatic carbocycles. The SMILES string of the molecule is CNc1ncnc(Nc2cc(C(=O)OC)cc(C(=O)OC)c2)c1N. The van der Waals surface area contributed by atoms with Crippen LogP contribution in [0.25, 0.3) is 0 Å². The molecule has 0 bridgehead atoms. The summed E-state index contributed by atoms with van der Waals surface area (Å²) in [7, 11) is 4.18. The topological polar surface area (TPSA) is 128 Å². The largest absolute Gasteiger partial charge is 0.465 e. The lowest BCUT2D eigenvalue weighted by atomic mass is 10.1. The fourth-order valence-corrected chi connectivity index (χ4v) is 2.00. The summed E-state index contributed by atoms with van der Waals surface area (Å²) in [6, 6.07) is 4.41. The molecule has 1 heterocycles. The monoisotopic (exact) mass is 331 g/mol. The number of esters is 2. The molecule has 0 spiro atoms. The highest BCUT2D eigenvalue weighted by Gasteiger charge is 2.15. The van der Waals surface area contributed by atoms with E-state index < -0.39 is 11.9 Å². The van der Waals surface area contributed by atoms with Crippen molar-refractivity contribution in [3.05, 3.63) is 35.7 Å². The summed E-state index contributed by atoms with van der Waals surface area (Å²) >= 11 is 0. The molecule has 9 nitrogen and oxygen atoms in total. The predicted molar refractivity (Wildman–Crippen MR) is 88.4 cm³/mol. The van der Waals surface area contributed by atoms with Crippen molar-refractivity contribution in [2.24, 2.45) is 0 Å². The summed E-state index contributed by atoms with van der Waals surface area (Å²) in [6.07, 6.45) is 1.33. The van der Waals surface area contributed by atoms with E-state index in [9.17, 15) is 9.59 Å². The van der Waals surface area contributed by atoms with Gasteiger partial charge in [0, 0.05) is 12.7 Å². The summed E-state index contributed by atoms with van der Waals surface area (Å²) in [6.45, 7) is 0. The molecular formula is C15H17N5O4. The number of nitrogens with one attached hydrogen (secondary N) is 2. The molecule has 4 N–H and O–H groups in total. The Kier molecular flexibility index (Phi) is 5.15. The summed E-state index contributed by atoms with van der Waals surface area (Å²) in [4.78, 5) is 31.6. The van der Waals surface area contributed by atoms with E-state index in [4.69, 9.17) is 15.2 Å². The highest BCUT2D eigenvalue weighted by molar-refractivity contribution is 5.97. The molecule has 0 fully saturated rings. The first kappa shape index (κ1) is 17.0. The second-order valence-electron chi connectivity index (χ2n) is 4.64. The van der Waals surface area contributed by atoms with Gasteiger partial charge in [0.05, 0.1) is 25.3 Å². The van der Waals surface area contributed by atoms with Gasteiger partial charge in [0.25, 0.3) is 0 Å². The molecule has 0 aliphatic carbocycles. The van der Waals surface area contributed by atoms with Crippen LogP contribution in [0.2, 0.25) is 0 Å². The molecule has 126 valence electrons. The Balaban J connectivity index is 2.46. The van der Waals surface area contributed by atoms with Gasteiger partial charge in [0.1, 0.15) is 12.0 Å². The molecule has 0 amide bonds. The first-order chi connectivity index (χ1) is 11.5. The Morgan fingerprint density at radius 3 is 2.04 bits per heavy atom. The van der Waals surface area contributed by atoms with E-state index in [-0.39, 0.29) is 11.1 Å². The number of hydrogen-bond donors (Lipinski definition) is 3. The van der Waals surface area contributed by atoms with Crippen LogP contribution in [0.4, 0.5) is 23.0 Å². The zero-order chi connectivity index (χ0) is 17.7. The average Bonchev–Trinajstić information content (AvgIpc) is 2.61. The summed E-state index contributed by atoms with van der Waals surface area (Å²) in [5.41, 5.74) is 7.04. The third kappa shape index (κ3) is 3.51. The fourth-order valence-electron chi connectivity index (χ4n) is 2.00. The van der Waals surface area contributed by atoms with E-state index in [1.165, 1.54) is 38.7 Å². The number of nitrogens with zero attached hydrogens (tertiary/aromatic N) is 2. The Morgan fingerprint density at radius 1 is 1.00 bits per heavy atom. The van der Waals surface area contributed by atoms with Crippen molar-refractivity contribution < 1.29 is 19.1 Å². The maximum absolute atomic E-state index is 11.8. The first-order valence-corrected chi connectivity index (χ1v) is 6.87. The number of rotatable bonds is 5. The smallest absolute Gasteiger partial charge is 0.337 e. The quantitative estimate of drug-likeness (QED) is 0.696. The number of nitrogens with two attached hydrogens (primary N) is 1. The second-order valence-corrected chi connectivity index (χ2v) is 4.64. The lowest BCUT2D eigenvalue weighted by molar-refractivity contribution is 0.0599. The molecule has 2 rings (SSSR count). The van der Waals surface area contributed by atoms with Gasteiger partial charge in [-0.2, -0.15) is 0 Å². The summed E-state index contributed by atoms with van der Waals surface area (Å²) in [5, 5.41) is 5.79. The fraction of sp³-hybridized carbons (Fsp3) is 0.200. The minimum Gasteiger partial charge on any atom is -0.465 e. The second kappa shape index (κ2) is 7.27. The normalized spacial score (nSPS) is 9.96. The van der Waals surface area contributed by atoms with Crippen molar-refractivity contribution in [3.8, 4) is 0 Å². The number of aromatic nitrogens is 2. The molecule has 2 aromatic rings. The number of hydrogen-bond acceptors (Lipinski definition) is 9. The van der Waals surface area contributed by atoms with Crippen molar-refractivity contribution in [2.45, 2.75) is 0 Å². The van der Waals surface area contributed by atoms with Gasteiger partial charge in [-0.3, -0.25) is 0 Å². The summed E-state index contributed by atoms with van der Waals surface area (Å²) < 4.78 is 9.38. The molecule has 24 heavy (non-hydrogen) atoms. The van der Waals surface area contributed by atoms with Crippen LogP contribution in [0.3, 0.4) is 0 Å². The minimum atomic E-state index is -0.588.